The first-order valence-electron chi connectivity index (χ1n) is 11.9. The van der Waals surface area contributed by atoms with Gasteiger partial charge in [-0.2, -0.15) is 0 Å². The van der Waals surface area contributed by atoms with Crippen LogP contribution in [-0.2, 0) is 25.7 Å². The lowest BCUT2D eigenvalue weighted by Crippen LogP contribution is -1.96. The molecule has 0 aliphatic heterocycles. The van der Waals surface area contributed by atoms with Crippen LogP contribution in [0.3, 0.4) is 0 Å². The molecule has 4 aromatic rings. The van der Waals surface area contributed by atoms with E-state index in [-0.39, 0.29) is 0 Å². The second-order valence-electron chi connectivity index (χ2n) is 8.43. The summed E-state index contributed by atoms with van der Waals surface area (Å²) >= 11 is 0. The summed E-state index contributed by atoms with van der Waals surface area (Å²) in [5.41, 5.74) is 4.94. The van der Waals surface area contributed by atoms with Gasteiger partial charge in [0.1, 0.15) is 17.2 Å². The Bertz CT molecular complexity index is 1230. The maximum atomic E-state index is 6.29. The standard InChI is InChI=1S/C31H32O4/c1-32-27-17-14-23(15-18-27)10-11-25-7-5-9-29(21-25)35-31-22-26(16-19-30(31)34-3)13-12-24-6-4-8-28(20-24)33-2/h4-9,14-22H,10-13H2,1-3H3. The molecule has 0 aromatic heterocycles. The maximum Gasteiger partial charge on any atom is 0.169 e. The first-order chi connectivity index (χ1) is 17.2. The van der Waals surface area contributed by atoms with Gasteiger partial charge < -0.3 is 18.9 Å². The van der Waals surface area contributed by atoms with Gasteiger partial charge >= 0.3 is 0 Å². The van der Waals surface area contributed by atoms with E-state index >= 15 is 0 Å². The van der Waals surface area contributed by atoms with Crippen molar-refractivity contribution in [2.75, 3.05) is 21.3 Å². The molecule has 0 radical (unpaired) electrons. The summed E-state index contributed by atoms with van der Waals surface area (Å²) in [6.07, 6.45) is 3.71. The normalized spacial score (nSPS) is 10.6. The number of rotatable bonds is 11. The predicted octanol–water partition coefficient (Wildman–Crippen LogP) is 7.08. The Morgan fingerprint density at radius 2 is 0.971 bits per heavy atom. The molecule has 4 aromatic carbocycles. The van der Waals surface area contributed by atoms with Gasteiger partial charge in [-0.05, 0) is 96.5 Å². The minimum atomic E-state index is 0.721. The molecule has 0 N–H and O–H groups in total. The Kier molecular flexibility index (Phi) is 8.29. The Morgan fingerprint density at radius 3 is 1.60 bits per heavy atom. The van der Waals surface area contributed by atoms with Crippen molar-refractivity contribution in [2.24, 2.45) is 0 Å². The van der Waals surface area contributed by atoms with Gasteiger partial charge in [-0.25, -0.2) is 0 Å². The van der Waals surface area contributed by atoms with Gasteiger partial charge in [-0.15, -0.1) is 0 Å². The van der Waals surface area contributed by atoms with Crippen LogP contribution < -0.4 is 18.9 Å². The van der Waals surface area contributed by atoms with Crippen molar-refractivity contribution in [1.29, 1.82) is 0 Å². The van der Waals surface area contributed by atoms with Crippen molar-refractivity contribution in [3.05, 3.63) is 113 Å². The fraction of sp³-hybridized carbons (Fsp3) is 0.226. The predicted molar refractivity (Wildman–Crippen MR) is 140 cm³/mol. The zero-order valence-electron chi connectivity index (χ0n) is 20.6. The third-order valence-electron chi connectivity index (χ3n) is 6.05. The van der Waals surface area contributed by atoms with Crippen LogP contribution in [0.2, 0.25) is 0 Å². The summed E-state index contributed by atoms with van der Waals surface area (Å²) in [5.74, 6) is 4.01. The van der Waals surface area contributed by atoms with E-state index in [1.165, 1.54) is 22.3 Å². The SMILES string of the molecule is COc1ccc(CCc2cccc(Oc3cc(CCc4cccc(OC)c4)ccc3OC)c2)cc1. The van der Waals surface area contributed by atoms with Crippen LogP contribution in [0.1, 0.15) is 22.3 Å². The van der Waals surface area contributed by atoms with Gasteiger partial charge in [-0.1, -0.05) is 42.5 Å². The number of hydrogen-bond donors (Lipinski definition) is 0. The van der Waals surface area contributed by atoms with E-state index in [4.69, 9.17) is 18.9 Å². The van der Waals surface area contributed by atoms with Gasteiger partial charge in [-0.3, -0.25) is 0 Å². The smallest absolute Gasteiger partial charge is 0.169 e. The van der Waals surface area contributed by atoms with E-state index in [9.17, 15) is 0 Å². The van der Waals surface area contributed by atoms with Crippen LogP contribution in [-0.4, -0.2) is 21.3 Å². The van der Waals surface area contributed by atoms with E-state index in [0.717, 1.165) is 54.4 Å². The van der Waals surface area contributed by atoms with Crippen molar-refractivity contribution in [3.63, 3.8) is 0 Å². The van der Waals surface area contributed by atoms with E-state index in [0.29, 0.717) is 0 Å². The lowest BCUT2D eigenvalue weighted by atomic mass is 10.0. The molecule has 0 amide bonds. The van der Waals surface area contributed by atoms with E-state index < -0.39 is 0 Å². The quantitative estimate of drug-likeness (QED) is 0.236. The fourth-order valence-electron chi connectivity index (χ4n) is 4.05. The first-order valence-corrected chi connectivity index (χ1v) is 11.9. The molecule has 0 bridgehead atoms. The van der Waals surface area contributed by atoms with Gasteiger partial charge in [0.05, 0.1) is 21.3 Å². The zero-order valence-corrected chi connectivity index (χ0v) is 20.6. The van der Waals surface area contributed by atoms with Gasteiger partial charge in [0, 0.05) is 0 Å². The third kappa shape index (κ3) is 6.80. The van der Waals surface area contributed by atoms with Gasteiger partial charge in [0.2, 0.25) is 0 Å². The molecule has 0 saturated heterocycles. The second kappa shape index (κ2) is 12.0. The first kappa shape index (κ1) is 24.2. The van der Waals surface area contributed by atoms with Crippen LogP contribution in [0.5, 0.6) is 28.7 Å². The van der Waals surface area contributed by atoms with Gasteiger partial charge in [0.25, 0.3) is 0 Å². The van der Waals surface area contributed by atoms with Crippen molar-refractivity contribution in [1.82, 2.24) is 0 Å². The summed E-state index contributed by atoms with van der Waals surface area (Å²) in [7, 11) is 5.05. The Labute approximate surface area is 208 Å². The Hall–Kier alpha value is -3.92. The molecule has 0 spiro atoms. The third-order valence-corrected chi connectivity index (χ3v) is 6.05. The minimum Gasteiger partial charge on any atom is -0.497 e. The molecule has 0 heterocycles. The van der Waals surface area contributed by atoms with Crippen molar-refractivity contribution < 1.29 is 18.9 Å². The summed E-state index contributed by atoms with van der Waals surface area (Å²) in [6.45, 7) is 0. The number of benzene rings is 4. The molecule has 35 heavy (non-hydrogen) atoms. The molecule has 0 unspecified atom stereocenters. The highest BCUT2D eigenvalue weighted by Gasteiger charge is 2.09. The largest absolute Gasteiger partial charge is 0.497 e. The average molecular weight is 469 g/mol. The monoisotopic (exact) mass is 468 g/mol. The van der Waals surface area contributed by atoms with Crippen molar-refractivity contribution in [2.45, 2.75) is 25.7 Å². The Morgan fingerprint density at radius 1 is 0.429 bits per heavy atom. The van der Waals surface area contributed by atoms with Crippen LogP contribution in [0, 0.1) is 0 Å². The van der Waals surface area contributed by atoms with Crippen molar-refractivity contribution in [3.8, 4) is 28.7 Å². The van der Waals surface area contributed by atoms with E-state index in [2.05, 4.69) is 48.5 Å². The number of aryl methyl sites for hydroxylation is 4. The number of ether oxygens (including phenoxy) is 4. The summed E-state index contributed by atoms with van der Waals surface area (Å²) in [6, 6.07) is 30.8. The van der Waals surface area contributed by atoms with E-state index in [1.54, 1.807) is 21.3 Å². The topological polar surface area (TPSA) is 36.9 Å². The zero-order chi connectivity index (χ0) is 24.5. The number of methoxy groups -OCH3 is 3. The van der Waals surface area contributed by atoms with Gasteiger partial charge in [0.15, 0.2) is 11.5 Å². The molecule has 0 atom stereocenters. The molecule has 0 fully saturated rings. The maximum absolute atomic E-state index is 6.29. The Balaban J connectivity index is 1.42. The molecule has 4 heteroatoms. The lowest BCUT2D eigenvalue weighted by molar-refractivity contribution is 0.378. The molecule has 4 nitrogen and oxygen atoms in total. The molecular formula is C31H32O4. The molecule has 0 aliphatic rings. The van der Waals surface area contributed by atoms with Crippen LogP contribution >= 0.6 is 0 Å². The fourth-order valence-corrected chi connectivity index (χ4v) is 4.05. The highest BCUT2D eigenvalue weighted by Crippen LogP contribution is 2.33. The average Bonchev–Trinajstić information content (AvgIpc) is 2.91. The molecule has 180 valence electrons. The van der Waals surface area contributed by atoms with Crippen molar-refractivity contribution >= 4 is 0 Å². The highest BCUT2D eigenvalue weighted by atomic mass is 16.5. The summed E-state index contributed by atoms with van der Waals surface area (Å²) in [4.78, 5) is 0. The molecule has 4 rings (SSSR count). The molecule has 0 saturated carbocycles. The molecule has 0 aliphatic carbocycles. The summed E-state index contributed by atoms with van der Waals surface area (Å²) in [5, 5.41) is 0. The van der Waals surface area contributed by atoms with Crippen LogP contribution in [0.15, 0.2) is 91.0 Å². The van der Waals surface area contributed by atoms with E-state index in [1.807, 2.05) is 42.5 Å². The highest BCUT2D eigenvalue weighted by molar-refractivity contribution is 5.46. The lowest BCUT2D eigenvalue weighted by Gasteiger charge is -2.13. The number of hydrogen-bond acceptors (Lipinski definition) is 4. The van der Waals surface area contributed by atoms with Crippen LogP contribution in [0.4, 0.5) is 0 Å². The van der Waals surface area contributed by atoms with Crippen LogP contribution in [0.25, 0.3) is 0 Å². The summed E-state index contributed by atoms with van der Waals surface area (Å²) < 4.78 is 22.4. The second-order valence-corrected chi connectivity index (χ2v) is 8.43. The molecular weight excluding hydrogens is 436 g/mol. The minimum absolute atomic E-state index is 0.721.